The van der Waals surface area contributed by atoms with E-state index in [1.54, 1.807) is 36.4 Å². The van der Waals surface area contributed by atoms with Gasteiger partial charge in [-0.3, -0.25) is 0 Å². The normalized spacial score (nSPS) is 10.4. The van der Waals surface area contributed by atoms with Gasteiger partial charge in [-0.25, -0.2) is 15.6 Å². The number of carbonyl (C=O) groups excluding carboxylic acids is 1. The van der Waals surface area contributed by atoms with Gasteiger partial charge >= 0.3 is 6.03 Å². The largest absolute Gasteiger partial charge is 0.490 e. The van der Waals surface area contributed by atoms with Crippen LogP contribution in [0.1, 0.15) is 25.0 Å². The van der Waals surface area contributed by atoms with Gasteiger partial charge in [-0.05, 0) is 61.4 Å². The Morgan fingerprint density at radius 3 is 1.62 bits per heavy atom. The van der Waals surface area contributed by atoms with Crippen LogP contribution < -0.4 is 29.8 Å². The van der Waals surface area contributed by atoms with E-state index in [9.17, 15) is 4.79 Å². The maximum absolute atomic E-state index is 11.9. The lowest BCUT2D eigenvalue weighted by Crippen LogP contribution is -2.28. The molecule has 0 aliphatic carbocycles. The Hall–Kier alpha value is -4.63. The quantitative estimate of drug-likeness (QED) is 0.287. The number of hydrogen-bond acceptors (Lipinski definition) is 7. The van der Waals surface area contributed by atoms with E-state index in [2.05, 4.69) is 32.9 Å². The van der Waals surface area contributed by atoms with Gasteiger partial charge in [-0.15, -0.1) is 12.8 Å². The molecule has 2 aromatic rings. The van der Waals surface area contributed by atoms with Gasteiger partial charge in [-0.2, -0.15) is 10.2 Å². The summed E-state index contributed by atoms with van der Waals surface area (Å²) in [5.74, 6) is 6.91. The number of benzene rings is 2. The highest BCUT2D eigenvalue weighted by Gasteiger charge is 2.07. The molecule has 0 saturated heterocycles. The average Bonchev–Trinajstić information content (AvgIpc) is 2.83. The zero-order chi connectivity index (χ0) is 24.6. The minimum Gasteiger partial charge on any atom is -0.490 e. The molecule has 0 spiro atoms. The molecule has 0 atom stereocenters. The molecule has 9 heteroatoms. The number of amides is 2. The van der Waals surface area contributed by atoms with E-state index in [4.69, 9.17) is 31.8 Å². The van der Waals surface area contributed by atoms with E-state index in [0.29, 0.717) is 47.3 Å². The van der Waals surface area contributed by atoms with Crippen molar-refractivity contribution >= 4 is 18.5 Å². The van der Waals surface area contributed by atoms with Crippen LogP contribution in [0, 0.1) is 24.7 Å². The third kappa shape index (κ3) is 8.48. The van der Waals surface area contributed by atoms with Crippen LogP contribution in [0.3, 0.4) is 0 Å². The summed E-state index contributed by atoms with van der Waals surface area (Å²) in [6.07, 6.45) is 13.4. The van der Waals surface area contributed by atoms with E-state index in [0.717, 1.165) is 0 Å². The summed E-state index contributed by atoms with van der Waals surface area (Å²) in [5, 5.41) is 7.79. The maximum Gasteiger partial charge on any atom is 0.355 e. The van der Waals surface area contributed by atoms with Crippen molar-refractivity contribution in [2.45, 2.75) is 13.8 Å². The zero-order valence-electron chi connectivity index (χ0n) is 19.0. The molecule has 0 aliphatic heterocycles. The molecule has 0 aliphatic rings. The number of terminal acetylenes is 2. The zero-order valence-corrected chi connectivity index (χ0v) is 19.0. The van der Waals surface area contributed by atoms with Crippen LogP contribution in [-0.2, 0) is 0 Å². The molecule has 0 saturated carbocycles. The third-order valence-electron chi connectivity index (χ3n) is 3.92. The van der Waals surface area contributed by atoms with Crippen molar-refractivity contribution in [1.29, 1.82) is 0 Å². The fraction of sp³-hybridized carbons (Fsp3) is 0.240. The molecule has 0 bridgehead atoms. The molecule has 34 heavy (non-hydrogen) atoms. The monoisotopic (exact) mass is 462 g/mol. The molecular weight excluding hydrogens is 436 g/mol. The fourth-order valence-corrected chi connectivity index (χ4v) is 2.58. The summed E-state index contributed by atoms with van der Waals surface area (Å²) in [6, 6.07) is 9.77. The summed E-state index contributed by atoms with van der Waals surface area (Å²) >= 11 is 0. The van der Waals surface area contributed by atoms with Crippen molar-refractivity contribution < 1.29 is 23.7 Å². The highest BCUT2D eigenvalue weighted by Crippen LogP contribution is 2.28. The summed E-state index contributed by atoms with van der Waals surface area (Å²) in [4.78, 5) is 11.9. The number of hydrogen-bond donors (Lipinski definition) is 2. The second-order valence-corrected chi connectivity index (χ2v) is 6.33. The van der Waals surface area contributed by atoms with Crippen LogP contribution in [0.15, 0.2) is 46.6 Å². The Bertz CT molecular complexity index is 1010. The lowest BCUT2D eigenvalue weighted by atomic mass is 10.2. The Kier molecular flexibility index (Phi) is 10.9. The number of rotatable bonds is 12. The van der Waals surface area contributed by atoms with Crippen LogP contribution >= 0.6 is 0 Å². The summed E-state index contributed by atoms with van der Waals surface area (Å²) in [6.45, 7) is 4.89. The summed E-state index contributed by atoms with van der Waals surface area (Å²) in [5.41, 5.74) is 6.03. The topological polar surface area (TPSA) is 103 Å². The molecule has 2 amide bonds. The molecule has 0 fully saturated rings. The first-order chi connectivity index (χ1) is 16.6. The van der Waals surface area contributed by atoms with Gasteiger partial charge in [0.1, 0.15) is 13.2 Å². The highest BCUT2D eigenvalue weighted by atomic mass is 16.5. The molecular formula is C25H26N4O5. The maximum atomic E-state index is 11.9. The Morgan fingerprint density at radius 1 is 0.794 bits per heavy atom. The average molecular weight is 463 g/mol. The Morgan fingerprint density at radius 2 is 1.24 bits per heavy atom. The van der Waals surface area contributed by atoms with Crippen LogP contribution in [0.4, 0.5) is 4.79 Å². The van der Waals surface area contributed by atoms with Gasteiger partial charge in [-0.1, -0.05) is 11.8 Å². The number of nitrogens with one attached hydrogen (secondary N) is 2. The van der Waals surface area contributed by atoms with E-state index < -0.39 is 6.03 Å². The van der Waals surface area contributed by atoms with E-state index in [1.807, 2.05) is 13.8 Å². The molecule has 0 aromatic heterocycles. The van der Waals surface area contributed by atoms with Crippen molar-refractivity contribution in [1.82, 2.24) is 10.9 Å². The molecule has 0 unspecified atom stereocenters. The SMILES string of the molecule is C#CCOc1ccc(C=NNC(=O)N/N=C/c2ccc(OCC#C)c(OCC)c2)cc1OCC. The third-order valence-corrected chi connectivity index (χ3v) is 3.92. The summed E-state index contributed by atoms with van der Waals surface area (Å²) < 4.78 is 22.0. The van der Waals surface area contributed by atoms with Gasteiger partial charge in [0.2, 0.25) is 0 Å². The van der Waals surface area contributed by atoms with Crippen molar-refractivity contribution in [2.75, 3.05) is 26.4 Å². The van der Waals surface area contributed by atoms with Crippen molar-refractivity contribution in [3.05, 3.63) is 47.5 Å². The van der Waals surface area contributed by atoms with Crippen LogP contribution in [0.2, 0.25) is 0 Å². The molecule has 176 valence electrons. The van der Waals surface area contributed by atoms with Crippen LogP contribution in [0.25, 0.3) is 0 Å². The first-order valence-electron chi connectivity index (χ1n) is 10.4. The number of hydrazone groups is 2. The highest BCUT2D eigenvalue weighted by molar-refractivity contribution is 5.84. The molecule has 2 aromatic carbocycles. The number of nitrogens with zero attached hydrogens (tertiary/aromatic N) is 2. The number of ether oxygens (including phenoxy) is 4. The van der Waals surface area contributed by atoms with Gasteiger partial charge in [0.05, 0.1) is 25.6 Å². The predicted octanol–water partition coefficient (Wildman–Crippen LogP) is 3.18. The molecule has 2 N–H and O–H groups in total. The number of carbonyl (C=O) groups is 1. The smallest absolute Gasteiger partial charge is 0.355 e. The minimum absolute atomic E-state index is 0.131. The van der Waals surface area contributed by atoms with Crippen LogP contribution in [-0.4, -0.2) is 44.9 Å². The minimum atomic E-state index is -0.620. The van der Waals surface area contributed by atoms with Crippen molar-refractivity contribution in [3.8, 4) is 47.7 Å². The molecule has 2 rings (SSSR count). The van der Waals surface area contributed by atoms with Crippen molar-refractivity contribution in [2.24, 2.45) is 10.2 Å². The lowest BCUT2D eigenvalue weighted by Gasteiger charge is -2.10. The fourth-order valence-electron chi connectivity index (χ4n) is 2.58. The molecule has 0 radical (unpaired) electrons. The Balaban J connectivity index is 1.93. The first kappa shape index (κ1) is 25.6. The Labute approximate surface area is 199 Å². The lowest BCUT2D eigenvalue weighted by molar-refractivity contribution is 0.242. The van der Waals surface area contributed by atoms with Gasteiger partial charge in [0, 0.05) is 0 Å². The predicted molar refractivity (Wildman–Crippen MR) is 131 cm³/mol. The van der Waals surface area contributed by atoms with Gasteiger partial charge in [0.25, 0.3) is 0 Å². The number of urea groups is 1. The van der Waals surface area contributed by atoms with E-state index in [-0.39, 0.29) is 13.2 Å². The van der Waals surface area contributed by atoms with E-state index in [1.165, 1.54) is 12.4 Å². The van der Waals surface area contributed by atoms with E-state index >= 15 is 0 Å². The second-order valence-electron chi connectivity index (χ2n) is 6.33. The molecule has 9 nitrogen and oxygen atoms in total. The standard InChI is InChI=1S/C25H26N4O5/c1-5-13-33-21-11-9-19(15-23(21)31-7-3)17-26-28-25(30)29-27-18-20-10-12-22(34-14-6-2)24(16-20)32-8-4/h1-2,9-12,15-18H,7-8,13-14H2,3-4H3,(H2,28,29,30)/b26-17+,27-18?. The van der Waals surface area contributed by atoms with Gasteiger partial charge in [0.15, 0.2) is 23.0 Å². The first-order valence-corrected chi connectivity index (χ1v) is 10.4. The van der Waals surface area contributed by atoms with Crippen molar-refractivity contribution in [3.63, 3.8) is 0 Å². The summed E-state index contributed by atoms with van der Waals surface area (Å²) in [7, 11) is 0. The van der Waals surface area contributed by atoms with Gasteiger partial charge < -0.3 is 18.9 Å². The van der Waals surface area contributed by atoms with Crippen LogP contribution in [0.5, 0.6) is 23.0 Å². The molecule has 0 heterocycles. The second kappa shape index (κ2) is 14.4.